The van der Waals surface area contributed by atoms with Crippen molar-refractivity contribution >= 4 is 11.7 Å². The zero-order valence-electron chi connectivity index (χ0n) is 9.56. The molecule has 0 aliphatic carbocycles. The van der Waals surface area contributed by atoms with Gasteiger partial charge in [0.2, 0.25) is 5.91 Å². The maximum atomic E-state index is 11.5. The minimum atomic E-state index is -0.285. The molecule has 0 unspecified atom stereocenters. The molecule has 3 nitrogen and oxygen atoms in total. The Morgan fingerprint density at radius 2 is 1.81 bits per heavy atom. The van der Waals surface area contributed by atoms with Gasteiger partial charge in [-0.15, -0.1) is 0 Å². The van der Waals surface area contributed by atoms with Crippen molar-refractivity contribution < 1.29 is 9.59 Å². The molecule has 0 fully saturated rings. The lowest BCUT2D eigenvalue weighted by molar-refractivity contribution is -0.138. The van der Waals surface area contributed by atoms with Crippen molar-refractivity contribution in [1.82, 2.24) is 4.90 Å². The number of benzene rings is 1. The number of Topliss-reactive ketones (excluding diaryl/α,β-unsaturated/α-hetero) is 1. The highest BCUT2D eigenvalue weighted by Gasteiger charge is 2.30. The Kier molecular flexibility index (Phi) is 2.77. The summed E-state index contributed by atoms with van der Waals surface area (Å²) in [7, 11) is 0. The lowest BCUT2D eigenvalue weighted by atomic mass is 9.92. The molecule has 0 radical (unpaired) electrons. The first-order valence-electron chi connectivity index (χ1n) is 5.44. The monoisotopic (exact) mass is 217 g/mol. The molecule has 0 aromatic heterocycles. The Labute approximate surface area is 95.1 Å². The molecule has 1 aromatic rings. The highest BCUT2D eigenvalue weighted by atomic mass is 16.2. The van der Waals surface area contributed by atoms with Crippen molar-refractivity contribution in [3.8, 4) is 0 Å². The molecule has 1 amide bonds. The molecule has 16 heavy (non-hydrogen) atoms. The molecule has 2 rings (SSSR count). The Morgan fingerprint density at radius 1 is 1.19 bits per heavy atom. The van der Waals surface area contributed by atoms with Crippen molar-refractivity contribution in [3.63, 3.8) is 0 Å². The van der Waals surface area contributed by atoms with Crippen molar-refractivity contribution in [2.75, 3.05) is 0 Å². The molecule has 84 valence electrons. The van der Waals surface area contributed by atoms with E-state index in [4.69, 9.17) is 0 Å². The zero-order valence-corrected chi connectivity index (χ0v) is 9.56. The molecular weight excluding hydrogens is 202 g/mol. The fourth-order valence-electron chi connectivity index (χ4n) is 2.22. The summed E-state index contributed by atoms with van der Waals surface area (Å²) >= 11 is 0. The zero-order chi connectivity index (χ0) is 11.7. The van der Waals surface area contributed by atoms with E-state index in [0.717, 1.165) is 5.56 Å². The Balaban J connectivity index is 2.37. The second-order valence-electron chi connectivity index (χ2n) is 4.25. The SMILES string of the molecule is CC(=O)[C@@H]1Cc2ccccc2CN1C(C)=O. The average molecular weight is 217 g/mol. The van der Waals surface area contributed by atoms with Crippen LogP contribution in [0.2, 0.25) is 0 Å². The first kappa shape index (κ1) is 10.9. The predicted molar refractivity (Wildman–Crippen MR) is 60.8 cm³/mol. The van der Waals surface area contributed by atoms with Gasteiger partial charge in [-0.25, -0.2) is 0 Å². The summed E-state index contributed by atoms with van der Waals surface area (Å²) < 4.78 is 0. The summed E-state index contributed by atoms with van der Waals surface area (Å²) in [6.45, 7) is 3.62. The second kappa shape index (κ2) is 4.08. The van der Waals surface area contributed by atoms with Crippen LogP contribution in [-0.4, -0.2) is 22.6 Å². The van der Waals surface area contributed by atoms with Gasteiger partial charge in [-0.05, 0) is 18.1 Å². The lowest BCUT2D eigenvalue weighted by Crippen LogP contribution is -2.46. The standard InChI is InChI=1S/C13H15NO2/c1-9(15)13-7-11-5-3-4-6-12(11)8-14(13)10(2)16/h3-6,13H,7-8H2,1-2H3/t13-/m0/s1. The Morgan fingerprint density at radius 3 is 2.38 bits per heavy atom. The van der Waals surface area contributed by atoms with Crippen molar-refractivity contribution in [1.29, 1.82) is 0 Å². The molecule has 0 N–H and O–H groups in total. The van der Waals surface area contributed by atoms with Crippen LogP contribution in [-0.2, 0) is 22.6 Å². The van der Waals surface area contributed by atoms with Crippen LogP contribution in [0.4, 0.5) is 0 Å². The summed E-state index contributed by atoms with van der Waals surface area (Å²) in [5.41, 5.74) is 2.33. The average Bonchev–Trinajstić information content (AvgIpc) is 2.27. The van der Waals surface area contributed by atoms with Gasteiger partial charge in [-0.1, -0.05) is 24.3 Å². The van der Waals surface area contributed by atoms with E-state index in [1.54, 1.807) is 11.8 Å². The topological polar surface area (TPSA) is 37.4 Å². The summed E-state index contributed by atoms with van der Waals surface area (Å²) in [6.07, 6.45) is 0.644. The number of hydrogen-bond acceptors (Lipinski definition) is 2. The third-order valence-corrected chi connectivity index (χ3v) is 3.12. The van der Waals surface area contributed by atoms with Gasteiger partial charge in [0.1, 0.15) is 0 Å². The van der Waals surface area contributed by atoms with E-state index in [0.29, 0.717) is 13.0 Å². The van der Waals surface area contributed by atoms with Gasteiger partial charge in [-0.3, -0.25) is 9.59 Å². The molecule has 0 bridgehead atoms. The lowest BCUT2D eigenvalue weighted by Gasteiger charge is -2.34. The van der Waals surface area contributed by atoms with Crippen LogP contribution in [0.25, 0.3) is 0 Å². The number of ketones is 1. The van der Waals surface area contributed by atoms with Gasteiger partial charge in [0, 0.05) is 19.9 Å². The predicted octanol–water partition coefficient (Wildman–Crippen LogP) is 1.55. The van der Waals surface area contributed by atoms with Gasteiger partial charge in [0.15, 0.2) is 5.78 Å². The summed E-state index contributed by atoms with van der Waals surface area (Å²) in [6, 6.07) is 7.70. The van der Waals surface area contributed by atoms with Crippen molar-refractivity contribution in [2.45, 2.75) is 32.9 Å². The minimum absolute atomic E-state index is 0.0327. The van der Waals surface area contributed by atoms with Crippen LogP contribution in [0.1, 0.15) is 25.0 Å². The van der Waals surface area contributed by atoms with Crippen LogP contribution < -0.4 is 0 Å². The van der Waals surface area contributed by atoms with Gasteiger partial charge < -0.3 is 4.90 Å². The third kappa shape index (κ3) is 1.85. The largest absolute Gasteiger partial charge is 0.328 e. The van der Waals surface area contributed by atoms with E-state index in [9.17, 15) is 9.59 Å². The van der Waals surface area contributed by atoms with Crippen molar-refractivity contribution in [3.05, 3.63) is 35.4 Å². The molecular formula is C13H15NO2. The number of hydrogen-bond donors (Lipinski definition) is 0. The van der Waals surface area contributed by atoms with Crippen LogP contribution in [0.5, 0.6) is 0 Å². The molecule has 0 spiro atoms. The third-order valence-electron chi connectivity index (χ3n) is 3.12. The quantitative estimate of drug-likeness (QED) is 0.715. The molecule has 1 aliphatic heterocycles. The highest BCUT2D eigenvalue weighted by molar-refractivity contribution is 5.87. The highest BCUT2D eigenvalue weighted by Crippen LogP contribution is 2.23. The molecule has 1 heterocycles. The molecule has 3 heteroatoms. The first-order chi connectivity index (χ1) is 7.59. The number of amides is 1. The number of carbonyl (C=O) groups excluding carboxylic acids is 2. The maximum absolute atomic E-state index is 11.5. The van der Waals surface area contributed by atoms with Crippen LogP contribution in [0.3, 0.4) is 0 Å². The number of nitrogens with zero attached hydrogens (tertiary/aromatic N) is 1. The van der Waals surface area contributed by atoms with Gasteiger partial charge in [-0.2, -0.15) is 0 Å². The van der Waals surface area contributed by atoms with Crippen LogP contribution >= 0.6 is 0 Å². The van der Waals surface area contributed by atoms with Crippen LogP contribution in [0.15, 0.2) is 24.3 Å². The summed E-state index contributed by atoms with van der Waals surface area (Å²) in [5, 5.41) is 0. The summed E-state index contributed by atoms with van der Waals surface area (Å²) in [5.74, 6) is 0.0272. The molecule has 1 aliphatic rings. The van der Waals surface area contributed by atoms with Gasteiger partial charge in [0.05, 0.1) is 6.04 Å². The molecule has 0 saturated carbocycles. The van der Waals surface area contributed by atoms with E-state index in [1.165, 1.54) is 12.5 Å². The molecule has 1 aromatic carbocycles. The van der Waals surface area contributed by atoms with E-state index < -0.39 is 0 Å². The summed E-state index contributed by atoms with van der Waals surface area (Å²) in [4.78, 5) is 24.7. The fourth-order valence-corrected chi connectivity index (χ4v) is 2.22. The number of fused-ring (bicyclic) bond motifs is 1. The smallest absolute Gasteiger partial charge is 0.220 e. The molecule has 1 atom stereocenters. The van der Waals surface area contributed by atoms with Gasteiger partial charge in [0.25, 0.3) is 0 Å². The Bertz CT molecular complexity index is 398. The van der Waals surface area contributed by atoms with Crippen molar-refractivity contribution in [2.24, 2.45) is 0 Å². The Hall–Kier alpha value is -1.64. The first-order valence-corrected chi connectivity index (χ1v) is 5.44. The number of rotatable bonds is 1. The maximum Gasteiger partial charge on any atom is 0.220 e. The van der Waals surface area contributed by atoms with E-state index in [1.807, 2.05) is 24.3 Å². The number of carbonyl (C=O) groups is 2. The normalized spacial score (nSPS) is 19.1. The van der Waals surface area contributed by atoms with Gasteiger partial charge >= 0.3 is 0 Å². The molecule has 0 saturated heterocycles. The van der Waals surface area contributed by atoms with E-state index in [-0.39, 0.29) is 17.7 Å². The second-order valence-corrected chi connectivity index (χ2v) is 4.25. The minimum Gasteiger partial charge on any atom is -0.328 e. The van der Waals surface area contributed by atoms with E-state index >= 15 is 0 Å². The van der Waals surface area contributed by atoms with Crippen LogP contribution in [0, 0.1) is 0 Å². The van der Waals surface area contributed by atoms with E-state index in [2.05, 4.69) is 0 Å². The fraction of sp³-hybridized carbons (Fsp3) is 0.385.